The van der Waals surface area contributed by atoms with E-state index >= 15 is 0 Å². The average Bonchev–Trinajstić information content (AvgIpc) is 2.72. The fourth-order valence-corrected chi connectivity index (χ4v) is 2.86. The van der Waals surface area contributed by atoms with Crippen LogP contribution in [0.1, 0.15) is 24.2 Å². The van der Waals surface area contributed by atoms with Crippen molar-refractivity contribution in [3.8, 4) is 23.0 Å². The van der Waals surface area contributed by atoms with E-state index in [-0.39, 0.29) is 5.91 Å². The Kier molecular flexibility index (Phi) is 6.98. The smallest absolute Gasteiger partial charge is 0.255 e. The molecule has 0 aromatic heterocycles. The Bertz CT molecular complexity index is 976. The largest absolute Gasteiger partial charge is 0.490 e. The minimum Gasteiger partial charge on any atom is -0.490 e. The van der Waals surface area contributed by atoms with Gasteiger partial charge in [-0.15, -0.1) is 0 Å². The molecule has 0 radical (unpaired) electrons. The number of amides is 1. The topological polar surface area (TPSA) is 56.8 Å². The third kappa shape index (κ3) is 5.42. The molecule has 0 saturated carbocycles. The number of anilines is 1. The first-order valence-corrected chi connectivity index (χ1v) is 9.72. The Morgan fingerprint density at radius 1 is 0.862 bits per heavy atom. The van der Waals surface area contributed by atoms with Gasteiger partial charge in [0.15, 0.2) is 17.2 Å². The molecular weight excluding hydrogens is 390 g/mol. The molecule has 3 aromatic carbocycles. The van der Waals surface area contributed by atoms with Crippen molar-refractivity contribution < 1.29 is 19.0 Å². The minimum atomic E-state index is -0.311. The van der Waals surface area contributed by atoms with Gasteiger partial charge in [-0.1, -0.05) is 29.8 Å². The lowest BCUT2D eigenvalue weighted by Gasteiger charge is -2.14. The van der Waals surface area contributed by atoms with Crippen LogP contribution in [0.5, 0.6) is 23.0 Å². The molecule has 0 spiro atoms. The maximum atomic E-state index is 12.8. The lowest BCUT2D eigenvalue weighted by molar-refractivity contribution is 0.102. The lowest BCUT2D eigenvalue weighted by atomic mass is 10.1. The van der Waals surface area contributed by atoms with Crippen LogP contribution in [0.3, 0.4) is 0 Å². The highest BCUT2D eigenvalue weighted by Gasteiger charge is 2.15. The molecule has 1 amide bonds. The van der Waals surface area contributed by atoms with Gasteiger partial charge in [0.2, 0.25) is 0 Å². The van der Waals surface area contributed by atoms with Crippen molar-refractivity contribution in [3.05, 3.63) is 77.3 Å². The van der Waals surface area contributed by atoms with Crippen molar-refractivity contribution in [1.29, 1.82) is 0 Å². The number of hydrogen-bond acceptors (Lipinski definition) is 4. The zero-order valence-electron chi connectivity index (χ0n) is 16.3. The van der Waals surface area contributed by atoms with Crippen molar-refractivity contribution in [2.24, 2.45) is 0 Å². The molecule has 150 valence electrons. The number of ether oxygens (including phenoxy) is 3. The zero-order chi connectivity index (χ0) is 20.6. The van der Waals surface area contributed by atoms with E-state index in [1.165, 1.54) is 0 Å². The van der Waals surface area contributed by atoms with Gasteiger partial charge in [0.1, 0.15) is 5.75 Å². The number of hydrogen-bond donors (Lipinski definition) is 1. The van der Waals surface area contributed by atoms with Gasteiger partial charge in [0.25, 0.3) is 5.91 Å². The zero-order valence-corrected chi connectivity index (χ0v) is 17.0. The molecule has 0 unspecified atom stereocenters. The van der Waals surface area contributed by atoms with Crippen LogP contribution < -0.4 is 19.5 Å². The molecule has 0 aliphatic rings. The van der Waals surface area contributed by atoms with Crippen LogP contribution in [0, 0.1) is 0 Å². The summed E-state index contributed by atoms with van der Waals surface area (Å²) in [4.78, 5) is 12.8. The summed E-state index contributed by atoms with van der Waals surface area (Å²) in [6.45, 7) is 4.74. The maximum Gasteiger partial charge on any atom is 0.255 e. The molecule has 29 heavy (non-hydrogen) atoms. The normalized spacial score (nSPS) is 10.3. The summed E-state index contributed by atoms with van der Waals surface area (Å²) in [5.74, 6) is 1.96. The molecule has 0 aliphatic heterocycles. The fourth-order valence-electron chi connectivity index (χ4n) is 2.69. The SMILES string of the molecule is CCOc1ccc(C(=O)Nc2cc(Cl)ccc2Oc2ccccc2)cc1OCC. The standard InChI is InChI=1S/C23H22ClNO4/c1-3-27-21-12-10-16(14-22(21)28-4-2)23(26)25-19-15-17(24)11-13-20(19)29-18-8-6-5-7-9-18/h5-15H,3-4H2,1-2H3,(H,25,26). The number of nitrogens with one attached hydrogen (secondary N) is 1. The minimum absolute atomic E-state index is 0.311. The average molecular weight is 412 g/mol. The summed E-state index contributed by atoms with van der Waals surface area (Å²) < 4.78 is 17.0. The van der Waals surface area contributed by atoms with Gasteiger partial charge in [-0.2, -0.15) is 0 Å². The van der Waals surface area contributed by atoms with Crippen LogP contribution in [-0.4, -0.2) is 19.1 Å². The van der Waals surface area contributed by atoms with Gasteiger partial charge >= 0.3 is 0 Å². The van der Waals surface area contributed by atoms with Gasteiger partial charge < -0.3 is 19.5 Å². The molecule has 0 aliphatic carbocycles. The van der Waals surface area contributed by atoms with Gasteiger partial charge in [-0.25, -0.2) is 0 Å². The van der Waals surface area contributed by atoms with Gasteiger partial charge in [-0.3, -0.25) is 4.79 Å². The van der Waals surface area contributed by atoms with Gasteiger partial charge in [0, 0.05) is 10.6 Å². The second-order valence-corrected chi connectivity index (χ2v) is 6.47. The molecule has 5 nitrogen and oxygen atoms in total. The summed E-state index contributed by atoms with van der Waals surface area (Å²) in [5.41, 5.74) is 0.903. The van der Waals surface area contributed by atoms with Crippen LogP contribution in [0.25, 0.3) is 0 Å². The summed E-state index contributed by atoms with van der Waals surface area (Å²) >= 11 is 6.13. The highest BCUT2D eigenvalue weighted by atomic mass is 35.5. The van der Waals surface area contributed by atoms with Crippen molar-refractivity contribution in [1.82, 2.24) is 0 Å². The quantitative estimate of drug-likeness (QED) is 0.480. The third-order valence-electron chi connectivity index (χ3n) is 3.97. The van der Waals surface area contributed by atoms with E-state index in [1.54, 1.807) is 36.4 Å². The van der Waals surface area contributed by atoms with E-state index in [0.29, 0.717) is 52.5 Å². The monoisotopic (exact) mass is 411 g/mol. The van der Waals surface area contributed by atoms with Crippen LogP contribution in [0.2, 0.25) is 5.02 Å². The number of benzene rings is 3. The number of halogens is 1. The van der Waals surface area contributed by atoms with Crippen LogP contribution in [0.15, 0.2) is 66.7 Å². The highest BCUT2D eigenvalue weighted by Crippen LogP contribution is 2.33. The van der Waals surface area contributed by atoms with E-state index in [2.05, 4.69) is 5.32 Å². The maximum absolute atomic E-state index is 12.8. The number of carbonyl (C=O) groups is 1. The molecule has 6 heteroatoms. The predicted octanol–water partition coefficient (Wildman–Crippen LogP) is 6.18. The van der Waals surface area contributed by atoms with Gasteiger partial charge in [0.05, 0.1) is 18.9 Å². The third-order valence-corrected chi connectivity index (χ3v) is 4.20. The first-order valence-electron chi connectivity index (χ1n) is 9.34. The predicted molar refractivity (Wildman–Crippen MR) is 115 cm³/mol. The van der Waals surface area contributed by atoms with Crippen LogP contribution in [0.4, 0.5) is 5.69 Å². The lowest BCUT2D eigenvalue weighted by Crippen LogP contribution is -2.13. The van der Waals surface area contributed by atoms with E-state index < -0.39 is 0 Å². The number of carbonyl (C=O) groups excluding carboxylic acids is 1. The van der Waals surface area contributed by atoms with Crippen molar-refractivity contribution in [2.45, 2.75) is 13.8 Å². The summed E-state index contributed by atoms with van der Waals surface area (Å²) in [6, 6.07) is 19.5. The summed E-state index contributed by atoms with van der Waals surface area (Å²) in [5, 5.41) is 3.35. The first kappa shape index (κ1) is 20.6. The second kappa shape index (κ2) is 9.85. The highest BCUT2D eigenvalue weighted by molar-refractivity contribution is 6.31. The molecule has 0 fully saturated rings. The molecule has 0 saturated heterocycles. The summed E-state index contributed by atoms with van der Waals surface area (Å²) in [7, 11) is 0. The van der Waals surface area contributed by atoms with E-state index in [0.717, 1.165) is 0 Å². The van der Waals surface area contributed by atoms with Crippen LogP contribution >= 0.6 is 11.6 Å². The van der Waals surface area contributed by atoms with E-state index in [1.807, 2.05) is 44.2 Å². The molecule has 3 rings (SSSR count). The molecule has 0 atom stereocenters. The Hall–Kier alpha value is -3.18. The molecule has 0 heterocycles. The van der Waals surface area contributed by atoms with E-state index in [4.69, 9.17) is 25.8 Å². The molecule has 0 bridgehead atoms. The van der Waals surface area contributed by atoms with E-state index in [9.17, 15) is 4.79 Å². The Labute approximate surface area is 175 Å². The van der Waals surface area contributed by atoms with Crippen molar-refractivity contribution >= 4 is 23.2 Å². The molecule has 1 N–H and O–H groups in total. The number of para-hydroxylation sites is 1. The van der Waals surface area contributed by atoms with Crippen molar-refractivity contribution in [3.63, 3.8) is 0 Å². The van der Waals surface area contributed by atoms with Gasteiger partial charge in [-0.05, 0) is 62.4 Å². The number of rotatable bonds is 8. The Balaban J connectivity index is 1.85. The van der Waals surface area contributed by atoms with Crippen LogP contribution in [-0.2, 0) is 0 Å². The Morgan fingerprint density at radius 3 is 2.28 bits per heavy atom. The molecule has 3 aromatic rings. The fraction of sp³-hybridized carbons (Fsp3) is 0.174. The first-order chi connectivity index (χ1) is 14.1. The summed E-state index contributed by atoms with van der Waals surface area (Å²) in [6.07, 6.45) is 0. The second-order valence-electron chi connectivity index (χ2n) is 6.04. The van der Waals surface area contributed by atoms with Crippen molar-refractivity contribution in [2.75, 3.05) is 18.5 Å². The molecular formula is C23H22ClNO4. The Morgan fingerprint density at radius 2 is 1.55 bits per heavy atom.